The number of hydrogen-bond acceptors (Lipinski definition) is 2. The first-order valence-electron chi connectivity index (χ1n) is 5.96. The van der Waals surface area contributed by atoms with E-state index in [4.69, 9.17) is 27.9 Å². The molecule has 0 bridgehead atoms. The lowest BCUT2D eigenvalue weighted by Gasteiger charge is -2.07. The predicted molar refractivity (Wildman–Crippen MR) is 82.9 cm³/mol. The van der Waals surface area contributed by atoms with Crippen LogP contribution in [0.1, 0.15) is 11.1 Å². The second-order valence-corrected chi connectivity index (χ2v) is 4.98. The maximum Gasteiger partial charge on any atom is 0.156 e. The van der Waals surface area contributed by atoms with Gasteiger partial charge in [-0.25, -0.2) is 4.39 Å². The molecule has 0 heterocycles. The number of nitrogens with zero attached hydrogens (tertiary/aromatic N) is 1. The maximum absolute atomic E-state index is 13.7. The fourth-order valence-corrected chi connectivity index (χ4v) is 2.53. The minimum atomic E-state index is -0.462. The van der Waals surface area contributed by atoms with E-state index in [9.17, 15) is 9.65 Å². The van der Waals surface area contributed by atoms with Gasteiger partial charge in [-0.2, -0.15) is 5.26 Å². The molecule has 2 aromatic rings. The number of rotatable bonds is 3. The summed E-state index contributed by atoms with van der Waals surface area (Å²) in [7, 11) is 1.46. The summed E-state index contributed by atoms with van der Waals surface area (Å²) in [4.78, 5) is 0. The van der Waals surface area contributed by atoms with Crippen molar-refractivity contribution in [3.8, 4) is 11.8 Å². The van der Waals surface area contributed by atoms with Gasteiger partial charge in [0.25, 0.3) is 0 Å². The Morgan fingerprint density at radius 1 is 1.24 bits per heavy atom. The van der Waals surface area contributed by atoms with Crippen molar-refractivity contribution in [1.29, 1.82) is 5.26 Å². The van der Waals surface area contributed by atoms with Crippen LogP contribution in [-0.4, -0.2) is 7.11 Å². The summed E-state index contributed by atoms with van der Waals surface area (Å²) in [5.74, 6) is -0.101. The molecule has 0 aliphatic carbocycles. The Morgan fingerprint density at radius 2 is 1.86 bits per heavy atom. The van der Waals surface area contributed by atoms with Gasteiger partial charge in [-0.05, 0) is 29.8 Å². The lowest BCUT2D eigenvalue weighted by atomic mass is 10.0. The summed E-state index contributed by atoms with van der Waals surface area (Å²) in [6.45, 7) is 0. The molecular formula is C16H10Cl2FNO. The molecule has 21 heavy (non-hydrogen) atoms. The fraction of sp³-hybridized carbons (Fsp3) is 0.0625. The molecule has 0 unspecified atom stereocenters. The number of ether oxygens (including phenoxy) is 1. The molecule has 0 aliphatic rings. The number of allylic oxidation sites excluding steroid dienone is 1. The van der Waals surface area contributed by atoms with Crippen molar-refractivity contribution in [2.24, 2.45) is 0 Å². The van der Waals surface area contributed by atoms with Crippen LogP contribution in [0.3, 0.4) is 0 Å². The van der Waals surface area contributed by atoms with E-state index in [1.54, 1.807) is 24.3 Å². The topological polar surface area (TPSA) is 33.0 Å². The van der Waals surface area contributed by atoms with Crippen LogP contribution in [0, 0.1) is 17.1 Å². The van der Waals surface area contributed by atoms with Gasteiger partial charge in [0.15, 0.2) is 5.75 Å². The van der Waals surface area contributed by atoms with Crippen LogP contribution in [0.2, 0.25) is 10.0 Å². The highest BCUT2D eigenvalue weighted by molar-refractivity contribution is 6.37. The smallest absolute Gasteiger partial charge is 0.156 e. The van der Waals surface area contributed by atoms with Gasteiger partial charge in [0, 0.05) is 5.56 Å². The van der Waals surface area contributed by atoms with E-state index >= 15 is 0 Å². The first-order valence-corrected chi connectivity index (χ1v) is 6.72. The van der Waals surface area contributed by atoms with Gasteiger partial charge in [-0.15, -0.1) is 0 Å². The van der Waals surface area contributed by atoms with Gasteiger partial charge in [-0.1, -0.05) is 41.4 Å². The van der Waals surface area contributed by atoms with Gasteiger partial charge in [0.1, 0.15) is 5.82 Å². The van der Waals surface area contributed by atoms with E-state index < -0.39 is 5.82 Å². The third-order valence-corrected chi connectivity index (χ3v) is 3.38. The summed E-state index contributed by atoms with van der Waals surface area (Å²) < 4.78 is 18.8. The molecule has 2 aromatic carbocycles. The van der Waals surface area contributed by atoms with Crippen molar-refractivity contribution in [1.82, 2.24) is 0 Å². The Hall–Kier alpha value is -2.02. The van der Waals surface area contributed by atoms with E-state index in [1.165, 1.54) is 25.3 Å². The molecule has 0 fully saturated rings. The Morgan fingerprint density at radius 3 is 2.38 bits per heavy atom. The third kappa shape index (κ3) is 3.36. The first kappa shape index (κ1) is 15.4. The molecule has 0 saturated heterocycles. The van der Waals surface area contributed by atoms with E-state index in [1.807, 2.05) is 6.07 Å². The highest BCUT2D eigenvalue weighted by atomic mass is 35.5. The number of methoxy groups -OCH3 is 1. The molecule has 106 valence electrons. The monoisotopic (exact) mass is 321 g/mol. The van der Waals surface area contributed by atoms with E-state index in [0.29, 0.717) is 21.4 Å². The first-order chi connectivity index (χ1) is 10.1. The number of nitriles is 1. The summed E-state index contributed by atoms with van der Waals surface area (Å²) in [6, 6.07) is 11.2. The molecule has 0 saturated carbocycles. The summed E-state index contributed by atoms with van der Waals surface area (Å²) in [5.41, 5.74) is 0.999. The molecular weight excluding hydrogens is 312 g/mol. The van der Waals surface area contributed by atoms with Crippen LogP contribution in [-0.2, 0) is 0 Å². The van der Waals surface area contributed by atoms with Gasteiger partial charge in [0.2, 0.25) is 0 Å². The average molecular weight is 322 g/mol. The van der Waals surface area contributed by atoms with Crippen LogP contribution in [0.4, 0.5) is 4.39 Å². The molecule has 5 heteroatoms. The van der Waals surface area contributed by atoms with Crippen molar-refractivity contribution < 1.29 is 9.13 Å². The zero-order valence-electron chi connectivity index (χ0n) is 11.0. The molecule has 2 rings (SSSR count). The zero-order valence-corrected chi connectivity index (χ0v) is 12.5. The highest BCUT2D eigenvalue weighted by Crippen LogP contribution is 2.35. The molecule has 2 nitrogen and oxygen atoms in total. The molecule has 0 spiro atoms. The second kappa shape index (κ2) is 6.62. The highest BCUT2D eigenvalue weighted by Gasteiger charge is 2.10. The van der Waals surface area contributed by atoms with Crippen LogP contribution < -0.4 is 4.74 Å². The van der Waals surface area contributed by atoms with Gasteiger partial charge in [0.05, 0.1) is 28.8 Å². The molecule has 0 N–H and O–H groups in total. The summed E-state index contributed by atoms with van der Waals surface area (Å²) >= 11 is 12.1. The zero-order chi connectivity index (χ0) is 15.4. The Labute approximate surface area is 132 Å². The van der Waals surface area contributed by atoms with E-state index in [2.05, 4.69) is 0 Å². The fourth-order valence-electron chi connectivity index (χ4n) is 1.87. The van der Waals surface area contributed by atoms with Gasteiger partial charge in [-0.3, -0.25) is 0 Å². The van der Waals surface area contributed by atoms with E-state index in [-0.39, 0.29) is 11.1 Å². The molecule has 0 atom stereocenters. The van der Waals surface area contributed by atoms with E-state index in [0.717, 1.165) is 0 Å². The van der Waals surface area contributed by atoms with Crippen molar-refractivity contribution >= 4 is 34.9 Å². The van der Waals surface area contributed by atoms with Crippen LogP contribution >= 0.6 is 23.2 Å². The average Bonchev–Trinajstić information content (AvgIpc) is 2.45. The standard InChI is InChI=1S/C16H10Cl2FNO/c1-21-16-13(17)7-10(8-14(16)18)6-11(9-20)12-4-2-3-5-15(12)19/h2-8H,1H3. The lowest BCUT2D eigenvalue weighted by molar-refractivity contribution is 0.415. The van der Waals surface area contributed by atoms with Crippen molar-refractivity contribution in [3.05, 3.63) is 63.4 Å². The normalized spacial score (nSPS) is 11.1. The minimum absolute atomic E-state index is 0.186. The van der Waals surface area contributed by atoms with Crippen molar-refractivity contribution in [2.45, 2.75) is 0 Å². The molecule has 0 aliphatic heterocycles. The number of hydrogen-bond donors (Lipinski definition) is 0. The minimum Gasteiger partial charge on any atom is -0.494 e. The summed E-state index contributed by atoms with van der Waals surface area (Å²) in [5, 5.41) is 9.87. The van der Waals surface area contributed by atoms with Crippen LogP contribution in [0.25, 0.3) is 11.6 Å². The van der Waals surface area contributed by atoms with Crippen molar-refractivity contribution in [3.63, 3.8) is 0 Å². The Kier molecular flexibility index (Phi) is 4.85. The van der Waals surface area contributed by atoms with Gasteiger partial charge < -0.3 is 4.74 Å². The Balaban J connectivity index is 2.52. The Bertz CT molecular complexity index is 727. The molecule has 0 radical (unpaired) electrons. The molecule has 0 amide bonds. The predicted octanol–water partition coefficient (Wildman–Crippen LogP) is 5.21. The van der Waals surface area contributed by atoms with Crippen molar-refractivity contribution in [2.75, 3.05) is 7.11 Å². The van der Waals surface area contributed by atoms with Crippen LogP contribution in [0.5, 0.6) is 5.75 Å². The third-order valence-electron chi connectivity index (χ3n) is 2.82. The number of halogens is 3. The lowest BCUT2D eigenvalue weighted by Crippen LogP contribution is -1.89. The largest absolute Gasteiger partial charge is 0.494 e. The SMILES string of the molecule is COc1c(Cl)cc(C=C(C#N)c2ccccc2F)cc1Cl. The van der Waals surface area contributed by atoms with Gasteiger partial charge >= 0.3 is 0 Å². The quantitative estimate of drug-likeness (QED) is 0.574. The molecule has 0 aromatic heterocycles. The number of benzene rings is 2. The maximum atomic E-state index is 13.7. The second-order valence-electron chi connectivity index (χ2n) is 4.17. The summed E-state index contributed by atoms with van der Waals surface area (Å²) in [6.07, 6.45) is 1.52. The van der Waals surface area contributed by atoms with Crippen LogP contribution in [0.15, 0.2) is 36.4 Å².